The minimum absolute atomic E-state index is 0.0455. The SMILES string of the molecule is Cc1cc(N=[N+]=[N-])ccc1N1CCOCC1=O. The van der Waals surface area contributed by atoms with Gasteiger partial charge in [0.05, 0.1) is 6.61 Å². The summed E-state index contributed by atoms with van der Waals surface area (Å²) >= 11 is 0. The van der Waals surface area contributed by atoms with Crippen molar-refractivity contribution in [1.82, 2.24) is 0 Å². The van der Waals surface area contributed by atoms with Gasteiger partial charge in [0.2, 0.25) is 0 Å². The van der Waals surface area contributed by atoms with Crippen molar-refractivity contribution in [2.75, 3.05) is 24.7 Å². The van der Waals surface area contributed by atoms with Crippen molar-refractivity contribution in [3.05, 3.63) is 34.2 Å². The van der Waals surface area contributed by atoms with E-state index >= 15 is 0 Å². The second kappa shape index (κ2) is 4.86. The smallest absolute Gasteiger partial charge is 0.253 e. The number of carbonyl (C=O) groups is 1. The number of anilines is 1. The Morgan fingerprint density at radius 3 is 3.00 bits per heavy atom. The second-order valence-corrected chi connectivity index (χ2v) is 3.76. The van der Waals surface area contributed by atoms with Gasteiger partial charge in [0.25, 0.3) is 5.91 Å². The molecule has 1 aromatic rings. The van der Waals surface area contributed by atoms with Crippen molar-refractivity contribution in [3.63, 3.8) is 0 Å². The van der Waals surface area contributed by atoms with Crippen molar-refractivity contribution in [2.45, 2.75) is 6.92 Å². The summed E-state index contributed by atoms with van der Waals surface area (Å²) < 4.78 is 5.08. The highest BCUT2D eigenvalue weighted by molar-refractivity contribution is 5.95. The summed E-state index contributed by atoms with van der Waals surface area (Å²) in [5, 5.41) is 3.53. The lowest BCUT2D eigenvalue weighted by atomic mass is 10.1. The van der Waals surface area contributed by atoms with Crippen LogP contribution >= 0.6 is 0 Å². The van der Waals surface area contributed by atoms with E-state index in [1.807, 2.05) is 6.92 Å². The molecule has 0 atom stereocenters. The van der Waals surface area contributed by atoms with Gasteiger partial charge in [-0.1, -0.05) is 11.2 Å². The molecule has 0 saturated carbocycles. The van der Waals surface area contributed by atoms with Gasteiger partial charge in [0.15, 0.2) is 0 Å². The Balaban J connectivity index is 2.32. The van der Waals surface area contributed by atoms with E-state index in [0.717, 1.165) is 11.3 Å². The molecular weight excluding hydrogens is 220 g/mol. The van der Waals surface area contributed by atoms with Crippen LogP contribution in [0.5, 0.6) is 0 Å². The van der Waals surface area contributed by atoms with Crippen LogP contribution in [0, 0.1) is 6.92 Å². The maximum absolute atomic E-state index is 11.7. The van der Waals surface area contributed by atoms with E-state index in [4.69, 9.17) is 10.3 Å². The number of azide groups is 1. The molecular formula is C11H12N4O2. The average molecular weight is 232 g/mol. The number of carbonyl (C=O) groups excluding carboxylic acids is 1. The van der Waals surface area contributed by atoms with Crippen LogP contribution in [0.4, 0.5) is 11.4 Å². The average Bonchev–Trinajstić information content (AvgIpc) is 2.31. The Bertz CT molecular complexity index is 494. The fraction of sp³-hybridized carbons (Fsp3) is 0.364. The van der Waals surface area contributed by atoms with Gasteiger partial charge in [0, 0.05) is 22.8 Å². The first-order valence-corrected chi connectivity index (χ1v) is 5.26. The van der Waals surface area contributed by atoms with Crippen LogP contribution < -0.4 is 4.90 Å². The van der Waals surface area contributed by atoms with Gasteiger partial charge in [-0.25, -0.2) is 0 Å². The molecule has 0 unspecified atom stereocenters. The lowest BCUT2D eigenvalue weighted by molar-refractivity contribution is -0.125. The van der Waals surface area contributed by atoms with Gasteiger partial charge in [-0.2, -0.15) is 0 Å². The minimum atomic E-state index is -0.0455. The third kappa shape index (κ3) is 2.38. The van der Waals surface area contributed by atoms with Crippen molar-refractivity contribution >= 4 is 17.3 Å². The number of ether oxygens (including phenoxy) is 1. The molecule has 0 aromatic heterocycles. The molecule has 0 spiro atoms. The highest BCUT2D eigenvalue weighted by atomic mass is 16.5. The lowest BCUT2D eigenvalue weighted by Crippen LogP contribution is -2.41. The molecule has 1 amide bonds. The molecule has 0 aliphatic carbocycles. The van der Waals surface area contributed by atoms with E-state index in [0.29, 0.717) is 18.8 Å². The summed E-state index contributed by atoms with van der Waals surface area (Å²) in [4.78, 5) is 16.1. The van der Waals surface area contributed by atoms with Crippen molar-refractivity contribution in [1.29, 1.82) is 0 Å². The van der Waals surface area contributed by atoms with E-state index in [1.165, 1.54) is 0 Å². The van der Waals surface area contributed by atoms with E-state index in [1.54, 1.807) is 23.1 Å². The summed E-state index contributed by atoms with van der Waals surface area (Å²) in [7, 11) is 0. The number of amides is 1. The molecule has 1 heterocycles. The van der Waals surface area contributed by atoms with Crippen LogP contribution in [0.3, 0.4) is 0 Å². The molecule has 2 rings (SSSR count). The highest BCUT2D eigenvalue weighted by Crippen LogP contribution is 2.26. The third-order valence-electron chi connectivity index (χ3n) is 2.62. The van der Waals surface area contributed by atoms with Crippen LogP contribution in [0.25, 0.3) is 10.4 Å². The van der Waals surface area contributed by atoms with Crippen LogP contribution in [0.1, 0.15) is 5.56 Å². The van der Waals surface area contributed by atoms with Crippen LogP contribution in [0.15, 0.2) is 23.3 Å². The van der Waals surface area contributed by atoms with Crippen molar-refractivity contribution in [2.24, 2.45) is 5.11 Å². The number of aryl methyl sites for hydroxylation is 1. The molecule has 0 radical (unpaired) electrons. The number of morpholine rings is 1. The Morgan fingerprint density at radius 1 is 1.53 bits per heavy atom. The number of benzene rings is 1. The van der Waals surface area contributed by atoms with E-state index in [9.17, 15) is 4.79 Å². The first kappa shape index (κ1) is 11.4. The number of rotatable bonds is 2. The van der Waals surface area contributed by atoms with Gasteiger partial charge in [-0.15, -0.1) is 0 Å². The maximum atomic E-state index is 11.7. The Kier molecular flexibility index (Phi) is 3.27. The first-order valence-electron chi connectivity index (χ1n) is 5.26. The quantitative estimate of drug-likeness (QED) is 0.445. The monoisotopic (exact) mass is 232 g/mol. The number of hydrogen-bond donors (Lipinski definition) is 0. The third-order valence-corrected chi connectivity index (χ3v) is 2.62. The number of hydrogen-bond acceptors (Lipinski definition) is 3. The fourth-order valence-electron chi connectivity index (χ4n) is 1.83. The molecule has 1 saturated heterocycles. The fourth-order valence-corrected chi connectivity index (χ4v) is 1.83. The summed E-state index contributed by atoms with van der Waals surface area (Å²) in [6.45, 7) is 3.11. The van der Waals surface area contributed by atoms with Crippen molar-refractivity contribution < 1.29 is 9.53 Å². The Morgan fingerprint density at radius 2 is 2.35 bits per heavy atom. The molecule has 1 aromatic carbocycles. The van der Waals surface area contributed by atoms with Gasteiger partial charge < -0.3 is 9.64 Å². The molecule has 88 valence electrons. The standard InChI is InChI=1S/C11H12N4O2/c1-8-6-9(13-14-12)2-3-10(8)15-4-5-17-7-11(15)16/h2-3,6H,4-5,7H2,1H3. The van der Waals surface area contributed by atoms with Gasteiger partial charge in [-0.3, -0.25) is 4.79 Å². The highest BCUT2D eigenvalue weighted by Gasteiger charge is 2.21. The van der Waals surface area contributed by atoms with Crippen LogP contribution in [-0.2, 0) is 9.53 Å². The van der Waals surface area contributed by atoms with E-state index < -0.39 is 0 Å². The van der Waals surface area contributed by atoms with Gasteiger partial charge in [-0.05, 0) is 30.2 Å². The lowest BCUT2D eigenvalue weighted by Gasteiger charge is -2.28. The first-order chi connectivity index (χ1) is 8.22. The molecule has 1 aliphatic heterocycles. The van der Waals surface area contributed by atoms with E-state index in [2.05, 4.69) is 10.0 Å². The molecule has 0 bridgehead atoms. The molecule has 1 fully saturated rings. The van der Waals surface area contributed by atoms with Gasteiger partial charge in [0.1, 0.15) is 6.61 Å². The van der Waals surface area contributed by atoms with Crippen LogP contribution in [0.2, 0.25) is 0 Å². The molecule has 6 heteroatoms. The molecule has 17 heavy (non-hydrogen) atoms. The Hall–Kier alpha value is -2.04. The summed E-state index contributed by atoms with van der Waals surface area (Å²) in [6.07, 6.45) is 0. The normalized spacial score (nSPS) is 15.6. The molecule has 1 aliphatic rings. The Labute approximate surface area is 98.4 Å². The van der Waals surface area contributed by atoms with E-state index in [-0.39, 0.29) is 12.5 Å². The summed E-state index contributed by atoms with van der Waals surface area (Å²) in [5.74, 6) is -0.0455. The minimum Gasteiger partial charge on any atom is -0.370 e. The number of nitrogens with zero attached hydrogens (tertiary/aromatic N) is 4. The molecule has 6 nitrogen and oxygen atoms in total. The summed E-state index contributed by atoms with van der Waals surface area (Å²) in [5.41, 5.74) is 10.6. The van der Waals surface area contributed by atoms with Crippen molar-refractivity contribution in [3.8, 4) is 0 Å². The van der Waals surface area contributed by atoms with Gasteiger partial charge >= 0.3 is 0 Å². The zero-order valence-electron chi connectivity index (χ0n) is 9.46. The maximum Gasteiger partial charge on any atom is 0.253 e. The summed E-state index contributed by atoms with van der Waals surface area (Å²) in [6, 6.07) is 5.26. The largest absolute Gasteiger partial charge is 0.370 e. The molecule has 0 N–H and O–H groups in total. The van der Waals surface area contributed by atoms with Crippen LogP contribution in [-0.4, -0.2) is 25.7 Å². The second-order valence-electron chi connectivity index (χ2n) is 3.76. The topological polar surface area (TPSA) is 78.3 Å². The zero-order valence-corrected chi connectivity index (χ0v) is 9.46. The predicted octanol–water partition coefficient (Wildman–Crippen LogP) is 2.30. The predicted molar refractivity (Wildman–Crippen MR) is 63.2 cm³/mol. The zero-order chi connectivity index (χ0) is 12.3.